The fraction of sp³-hybridized carbons (Fsp3) is 0.512. The van der Waals surface area contributed by atoms with Crippen molar-refractivity contribution in [2.45, 2.75) is 82.3 Å². The summed E-state index contributed by atoms with van der Waals surface area (Å²) in [6.45, 7) is 6.18. The highest BCUT2D eigenvalue weighted by Gasteiger charge is 2.32. The van der Waals surface area contributed by atoms with Gasteiger partial charge in [-0.15, -0.1) is 0 Å². The van der Waals surface area contributed by atoms with Crippen LogP contribution in [0.2, 0.25) is 0 Å². The smallest absolute Gasteiger partial charge is 0.390 e. The second-order valence-corrected chi connectivity index (χ2v) is 16.3. The molecule has 1 saturated carbocycles. The number of halogens is 3. The molecule has 2 aliphatic heterocycles. The largest absolute Gasteiger partial charge is 0.393 e. The number of amides is 2. The Labute approximate surface area is 345 Å². The van der Waals surface area contributed by atoms with E-state index in [-0.39, 0.29) is 42.7 Å². The monoisotopic (exact) mass is 831 g/mol. The molecule has 3 N–H and O–H groups in total. The minimum absolute atomic E-state index is 0.120. The van der Waals surface area contributed by atoms with Crippen molar-refractivity contribution in [3.63, 3.8) is 0 Å². The van der Waals surface area contributed by atoms with Crippen LogP contribution in [0, 0.1) is 0 Å². The first-order valence-electron chi connectivity index (χ1n) is 20.9. The number of alkyl halides is 3. The van der Waals surface area contributed by atoms with Gasteiger partial charge in [0.25, 0.3) is 0 Å². The van der Waals surface area contributed by atoms with Gasteiger partial charge in [-0.2, -0.15) is 18.2 Å². The quantitative estimate of drug-likeness (QED) is 0.104. The summed E-state index contributed by atoms with van der Waals surface area (Å²) in [4.78, 5) is 51.2. The lowest BCUT2D eigenvalue weighted by atomic mass is 9.93. The average molecular weight is 832 g/mol. The number of benzene rings is 2. The van der Waals surface area contributed by atoms with Crippen LogP contribution in [-0.4, -0.2) is 115 Å². The Morgan fingerprint density at radius 2 is 1.72 bits per heavy atom. The highest BCUT2D eigenvalue weighted by molar-refractivity contribution is 6.00. The lowest BCUT2D eigenvalue weighted by Crippen LogP contribution is -2.46. The Morgan fingerprint density at radius 3 is 2.48 bits per heavy atom. The summed E-state index contributed by atoms with van der Waals surface area (Å²) in [5.41, 5.74) is 6.01. The molecule has 1 atom stereocenters. The Bertz CT molecular complexity index is 2390. The van der Waals surface area contributed by atoms with Crippen LogP contribution in [0.1, 0.15) is 68.2 Å². The van der Waals surface area contributed by atoms with E-state index in [0.717, 1.165) is 79.7 Å². The summed E-state index contributed by atoms with van der Waals surface area (Å²) in [6, 6.07) is 13.7. The first-order valence-corrected chi connectivity index (χ1v) is 20.9. The zero-order valence-corrected chi connectivity index (χ0v) is 33.8. The lowest BCUT2D eigenvalue weighted by Gasteiger charge is -2.34. The number of carbonyl (C=O) groups excluding carboxylic acids is 2. The molecular formula is C43H52F3N9O5. The van der Waals surface area contributed by atoms with Crippen molar-refractivity contribution in [1.29, 1.82) is 0 Å². The third-order valence-electron chi connectivity index (χ3n) is 12.2. The number of nitrogens with zero attached hydrogens (tertiary/aromatic N) is 7. The van der Waals surface area contributed by atoms with E-state index < -0.39 is 24.5 Å². The van der Waals surface area contributed by atoms with E-state index in [1.54, 1.807) is 17.8 Å². The predicted octanol–water partition coefficient (Wildman–Crippen LogP) is 4.95. The number of anilines is 1. The van der Waals surface area contributed by atoms with Crippen molar-refractivity contribution in [2.24, 2.45) is 7.05 Å². The summed E-state index contributed by atoms with van der Waals surface area (Å²) in [7, 11) is 1.69. The number of carbonyl (C=O) groups is 2. The highest BCUT2D eigenvalue weighted by Crippen LogP contribution is 2.37. The van der Waals surface area contributed by atoms with Crippen molar-refractivity contribution in [2.75, 3.05) is 57.8 Å². The minimum Gasteiger partial charge on any atom is -0.393 e. The molecule has 5 heterocycles. The van der Waals surface area contributed by atoms with Gasteiger partial charge in [-0.25, -0.2) is 9.78 Å². The number of nitrogens with one attached hydrogen (secondary N) is 2. The van der Waals surface area contributed by atoms with Crippen LogP contribution < -0.4 is 16.3 Å². The van der Waals surface area contributed by atoms with E-state index in [0.29, 0.717) is 50.1 Å². The van der Waals surface area contributed by atoms with E-state index in [1.807, 2.05) is 18.2 Å². The number of imidazole rings is 1. The molecule has 0 spiro atoms. The maximum Gasteiger partial charge on any atom is 0.390 e. The number of hydrogen-bond acceptors (Lipinski definition) is 10. The summed E-state index contributed by atoms with van der Waals surface area (Å²) >= 11 is 0. The van der Waals surface area contributed by atoms with Gasteiger partial charge in [-0.1, -0.05) is 24.3 Å². The number of fused-ring (bicyclic) bond motifs is 2. The molecule has 17 heteroatoms. The normalized spacial score (nSPS) is 20.9. The maximum absolute atomic E-state index is 13.1. The van der Waals surface area contributed by atoms with Crippen LogP contribution in [-0.2, 0) is 34.3 Å². The maximum atomic E-state index is 13.1. The van der Waals surface area contributed by atoms with Gasteiger partial charge in [0.1, 0.15) is 11.7 Å². The number of aromatic nitrogens is 5. The van der Waals surface area contributed by atoms with Gasteiger partial charge in [0.2, 0.25) is 17.8 Å². The molecule has 2 aromatic carbocycles. The second kappa shape index (κ2) is 17.9. The second-order valence-electron chi connectivity index (χ2n) is 16.3. The SMILES string of the molecule is Cn1c(=O)n([C@H]2CCC(=O)NC2=O)c2ccc(CCOCCN3CCN(Cc4cccc(-c5cn(C6CCC(O)CC6)c6nc(NCCC(F)(F)F)ncc56)c4)CC3)cc21. The average Bonchev–Trinajstić information content (AvgIpc) is 3.72. The molecule has 3 aliphatic rings. The molecule has 5 aromatic rings. The molecule has 3 aromatic heterocycles. The van der Waals surface area contributed by atoms with Crippen LogP contribution in [0.15, 0.2) is 59.7 Å². The van der Waals surface area contributed by atoms with Crippen LogP contribution in [0.5, 0.6) is 0 Å². The van der Waals surface area contributed by atoms with Crippen LogP contribution >= 0.6 is 0 Å². The number of rotatable bonds is 14. The summed E-state index contributed by atoms with van der Waals surface area (Å²) < 4.78 is 49.6. The van der Waals surface area contributed by atoms with Gasteiger partial charge in [0, 0.05) is 88.7 Å². The highest BCUT2D eigenvalue weighted by atomic mass is 19.4. The molecule has 2 amide bonds. The lowest BCUT2D eigenvalue weighted by molar-refractivity contribution is -0.136. The summed E-state index contributed by atoms with van der Waals surface area (Å²) in [5, 5.41) is 16.1. The standard InChI is InChI=1S/C43H52F3N9O5/c1-51-37-24-28(5-10-35(37)55(42(51)59)36-11-12-38(57)49-40(36)58)13-21-60-22-20-52-16-18-53(19-17-52)26-29-3-2-4-30(23-29)34-27-54(31-6-8-32(56)9-7-31)39-33(34)25-48-41(50-39)47-15-14-43(44,45)46/h2-5,10,23-25,27,31-32,36,56H,6-9,11-22,26H2,1H3,(H,47,48,50)(H,49,57,58)/t31?,32?,36-/m0/s1. The molecule has 3 fully saturated rings. The van der Waals surface area contributed by atoms with Gasteiger partial charge < -0.3 is 19.7 Å². The van der Waals surface area contributed by atoms with Crippen molar-refractivity contribution in [3.05, 3.63) is 76.5 Å². The Hall–Kier alpha value is -5.10. The van der Waals surface area contributed by atoms with E-state index in [9.17, 15) is 32.7 Å². The molecule has 2 saturated heterocycles. The number of hydrogen-bond donors (Lipinski definition) is 3. The number of imide groups is 1. The van der Waals surface area contributed by atoms with Gasteiger partial charge in [-0.3, -0.25) is 33.8 Å². The van der Waals surface area contributed by atoms with Gasteiger partial charge in [-0.05, 0) is 73.4 Å². The molecule has 14 nitrogen and oxygen atoms in total. The molecule has 60 heavy (non-hydrogen) atoms. The van der Waals surface area contributed by atoms with Gasteiger partial charge >= 0.3 is 11.9 Å². The van der Waals surface area contributed by atoms with Crippen molar-refractivity contribution < 1.29 is 32.6 Å². The molecule has 320 valence electrons. The number of ether oxygens (including phenoxy) is 1. The Morgan fingerprint density at radius 1 is 0.933 bits per heavy atom. The summed E-state index contributed by atoms with van der Waals surface area (Å²) in [6.07, 6.45) is 2.36. The first-order chi connectivity index (χ1) is 28.9. The zero-order valence-electron chi connectivity index (χ0n) is 33.8. The van der Waals surface area contributed by atoms with E-state index in [4.69, 9.17) is 9.72 Å². The fourth-order valence-corrected chi connectivity index (χ4v) is 8.82. The molecular weight excluding hydrogens is 780 g/mol. The molecule has 0 radical (unpaired) electrons. The van der Waals surface area contributed by atoms with Gasteiger partial charge in [0.05, 0.1) is 36.8 Å². The number of aliphatic hydroxyl groups excluding tert-OH is 1. The van der Waals surface area contributed by atoms with Crippen molar-refractivity contribution in [1.82, 2.24) is 38.8 Å². The number of aliphatic hydroxyl groups is 1. The topological polar surface area (TPSA) is 152 Å². The Balaban J connectivity index is 0.831. The summed E-state index contributed by atoms with van der Waals surface area (Å²) in [5.74, 6) is -0.598. The zero-order chi connectivity index (χ0) is 42.0. The van der Waals surface area contributed by atoms with Crippen LogP contribution in [0.25, 0.3) is 33.2 Å². The molecule has 0 unspecified atom stereocenters. The van der Waals surface area contributed by atoms with E-state index in [1.165, 1.54) is 10.1 Å². The molecule has 8 rings (SSSR count). The minimum atomic E-state index is -4.27. The fourth-order valence-electron chi connectivity index (χ4n) is 8.82. The predicted molar refractivity (Wildman–Crippen MR) is 220 cm³/mol. The van der Waals surface area contributed by atoms with E-state index >= 15 is 0 Å². The van der Waals surface area contributed by atoms with Crippen molar-refractivity contribution in [3.8, 4) is 11.1 Å². The number of aryl methyl sites for hydroxylation is 1. The third-order valence-corrected chi connectivity index (χ3v) is 12.2. The van der Waals surface area contributed by atoms with Gasteiger partial charge in [0.15, 0.2) is 0 Å². The van der Waals surface area contributed by atoms with Crippen LogP contribution in [0.4, 0.5) is 19.1 Å². The Kier molecular flexibility index (Phi) is 12.4. The third kappa shape index (κ3) is 9.43. The first kappa shape index (κ1) is 41.6. The molecule has 0 bridgehead atoms. The number of piperazine rings is 1. The van der Waals surface area contributed by atoms with E-state index in [2.05, 4.69) is 60.4 Å². The van der Waals surface area contributed by atoms with Crippen LogP contribution in [0.3, 0.4) is 0 Å². The number of piperidine rings is 1. The van der Waals surface area contributed by atoms with Crippen molar-refractivity contribution >= 4 is 39.8 Å². The molecule has 1 aliphatic carbocycles.